The van der Waals surface area contributed by atoms with Crippen LogP contribution in [0.25, 0.3) is 0 Å². The van der Waals surface area contributed by atoms with Gasteiger partial charge >= 0.3 is 5.97 Å². The van der Waals surface area contributed by atoms with Crippen LogP contribution >= 0.6 is 23.2 Å². The number of halogens is 2. The molecule has 1 aromatic rings. The smallest absolute Gasteiger partial charge is 0.307 e. The Balaban J connectivity index is 2.26. The van der Waals surface area contributed by atoms with Gasteiger partial charge in [-0.05, 0) is 36.1 Å². The average Bonchev–Trinajstić information content (AvgIpc) is 2.88. The number of carboxylic acid groups (broad SMARTS) is 1. The Bertz CT molecular complexity index is 390. The van der Waals surface area contributed by atoms with Crippen molar-refractivity contribution in [3.63, 3.8) is 0 Å². The summed E-state index contributed by atoms with van der Waals surface area (Å²) in [5.74, 6) is -1.00. The molecule has 0 aliphatic heterocycles. The summed E-state index contributed by atoms with van der Waals surface area (Å²) in [4.78, 5) is 10.7. The molecule has 1 aliphatic rings. The Hall–Kier alpha value is -0.730. The molecule has 1 N–H and O–H groups in total. The van der Waals surface area contributed by atoms with Crippen LogP contribution in [0.2, 0.25) is 10.0 Å². The van der Waals surface area contributed by atoms with E-state index >= 15 is 0 Å². The van der Waals surface area contributed by atoms with E-state index in [9.17, 15) is 4.79 Å². The van der Waals surface area contributed by atoms with E-state index < -0.39 is 5.97 Å². The van der Waals surface area contributed by atoms with Crippen molar-refractivity contribution >= 4 is 29.2 Å². The summed E-state index contributed by atoms with van der Waals surface area (Å²) in [5.41, 5.74) is 0.853. The Labute approximate surface area is 91.4 Å². The van der Waals surface area contributed by atoms with Gasteiger partial charge in [0.2, 0.25) is 0 Å². The first-order valence-corrected chi connectivity index (χ1v) is 5.03. The number of benzene rings is 1. The SMILES string of the molecule is O=C(O)[C@H]1C[C@@H]1c1cc(Cl)ccc1Cl. The fourth-order valence-electron chi connectivity index (χ4n) is 1.61. The molecule has 1 aromatic carbocycles. The topological polar surface area (TPSA) is 37.3 Å². The molecule has 0 aromatic heterocycles. The summed E-state index contributed by atoms with van der Waals surface area (Å²) in [7, 11) is 0. The largest absolute Gasteiger partial charge is 0.481 e. The fraction of sp³-hybridized carbons (Fsp3) is 0.300. The minimum atomic E-state index is -0.758. The van der Waals surface area contributed by atoms with Crippen LogP contribution < -0.4 is 0 Å². The van der Waals surface area contributed by atoms with Crippen LogP contribution in [0, 0.1) is 5.92 Å². The molecule has 4 heteroatoms. The van der Waals surface area contributed by atoms with Gasteiger partial charge in [-0.25, -0.2) is 0 Å². The zero-order valence-electron chi connectivity index (χ0n) is 7.21. The van der Waals surface area contributed by atoms with Crippen molar-refractivity contribution in [1.82, 2.24) is 0 Å². The predicted molar refractivity (Wildman–Crippen MR) is 54.9 cm³/mol. The van der Waals surface area contributed by atoms with Crippen molar-refractivity contribution in [3.05, 3.63) is 33.8 Å². The van der Waals surface area contributed by atoms with E-state index in [2.05, 4.69) is 0 Å². The normalized spacial score (nSPS) is 24.7. The third-order valence-corrected chi connectivity index (χ3v) is 3.04. The van der Waals surface area contributed by atoms with Crippen LogP contribution in [0.4, 0.5) is 0 Å². The molecule has 2 atom stereocenters. The number of aliphatic carboxylic acids is 1. The Morgan fingerprint density at radius 3 is 2.71 bits per heavy atom. The molecule has 0 unspecified atom stereocenters. The maximum absolute atomic E-state index is 10.7. The highest BCUT2D eigenvalue weighted by Crippen LogP contribution is 2.50. The molecule has 0 radical (unpaired) electrons. The molecule has 2 nitrogen and oxygen atoms in total. The third kappa shape index (κ3) is 1.72. The summed E-state index contributed by atoms with van der Waals surface area (Å²) < 4.78 is 0. The molecule has 0 heterocycles. The summed E-state index contributed by atoms with van der Waals surface area (Å²) >= 11 is 11.8. The van der Waals surface area contributed by atoms with Gasteiger partial charge in [-0.3, -0.25) is 4.79 Å². The summed E-state index contributed by atoms with van der Waals surface area (Å²) in [6, 6.07) is 5.15. The van der Waals surface area contributed by atoms with Crippen molar-refractivity contribution in [2.24, 2.45) is 5.92 Å². The van der Waals surface area contributed by atoms with Gasteiger partial charge in [-0.15, -0.1) is 0 Å². The number of carbonyl (C=O) groups is 1. The highest BCUT2D eigenvalue weighted by molar-refractivity contribution is 6.33. The van der Waals surface area contributed by atoms with E-state index in [0.29, 0.717) is 16.5 Å². The Morgan fingerprint density at radius 1 is 1.43 bits per heavy atom. The van der Waals surface area contributed by atoms with E-state index in [-0.39, 0.29) is 11.8 Å². The highest BCUT2D eigenvalue weighted by Gasteiger charge is 2.45. The number of carboxylic acids is 1. The first-order valence-electron chi connectivity index (χ1n) is 4.27. The first-order chi connectivity index (χ1) is 6.59. The Morgan fingerprint density at radius 2 is 2.14 bits per heavy atom. The zero-order valence-corrected chi connectivity index (χ0v) is 8.72. The summed E-state index contributed by atoms with van der Waals surface area (Å²) in [6.07, 6.45) is 0.662. The lowest BCUT2D eigenvalue weighted by molar-refractivity contribution is -0.138. The van der Waals surface area contributed by atoms with Gasteiger partial charge in [-0.2, -0.15) is 0 Å². The molecular formula is C10H8Cl2O2. The molecule has 0 spiro atoms. The van der Waals surface area contributed by atoms with Gasteiger partial charge in [0.25, 0.3) is 0 Å². The van der Waals surface area contributed by atoms with Crippen molar-refractivity contribution in [1.29, 1.82) is 0 Å². The second-order valence-electron chi connectivity index (χ2n) is 3.45. The van der Waals surface area contributed by atoms with E-state index in [4.69, 9.17) is 28.3 Å². The lowest BCUT2D eigenvalue weighted by Crippen LogP contribution is -1.99. The standard InChI is InChI=1S/C10H8Cl2O2/c11-5-1-2-9(12)7(3-5)6-4-8(6)10(13)14/h1-3,6,8H,4H2,(H,13,14)/t6-,8+/m1/s1. The first kappa shape index (κ1) is 9.81. The molecule has 74 valence electrons. The van der Waals surface area contributed by atoms with Gasteiger partial charge in [0, 0.05) is 10.0 Å². The minimum Gasteiger partial charge on any atom is -0.481 e. The van der Waals surface area contributed by atoms with Crippen molar-refractivity contribution in [3.8, 4) is 0 Å². The van der Waals surface area contributed by atoms with Crippen LogP contribution in [-0.2, 0) is 4.79 Å². The van der Waals surface area contributed by atoms with E-state index in [1.165, 1.54) is 0 Å². The van der Waals surface area contributed by atoms with E-state index in [0.717, 1.165) is 5.56 Å². The third-order valence-electron chi connectivity index (χ3n) is 2.47. The van der Waals surface area contributed by atoms with Crippen LogP contribution in [0.15, 0.2) is 18.2 Å². The van der Waals surface area contributed by atoms with Gasteiger partial charge in [0.1, 0.15) is 0 Å². The van der Waals surface area contributed by atoms with Crippen LogP contribution in [0.5, 0.6) is 0 Å². The van der Waals surface area contributed by atoms with Gasteiger partial charge in [0.05, 0.1) is 5.92 Å². The van der Waals surface area contributed by atoms with Gasteiger partial charge in [0.15, 0.2) is 0 Å². The summed E-state index contributed by atoms with van der Waals surface area (Å²) in [6.45, 7) is 0. The average molecular weight is 231 g/mol. The van der Waals surface area contributed by atoms with Gasteiger partial charge < -0.3 is 5.11 Å². The molecule has 1 aliphatic carbocycles. The molecule has 1 saturated carbocycles. The molecule has 14 heavy (non-hydrogen) atoms. The molecule has 0 saturated heterocycles. The van der Waals surface area contributed by atoms with E-state index in [1.807, 2.05) is 0 Å². The second-order valence-corrected chi connectivity index (χ2v) is 4.30. The minimum absolute atomic E-state index is 0.0405. The maximum atomic E-state index is 10.7. The molecule has 0 bridgehead atoms. The van der Waals surface area contributed by atoms with Crippen LogP contribution in [0.3, 0.4) is 0 Å². The fourth-order valence-corrected chi connectivity index (χ4v) is 2.05. The van der Waals surface area contributed by atoms with Gasteiger partial charge in [-0.1, -0.05) is 23.2 Å². The highest BCUT2D eigenvalue weighted by atomic mass is 35.5. The quantitative estimate of drug-likeness (QED) is 0.848. The molecule has 1 fully saturated rings. The second kappa shape index (κ2) is 3.44. The summed E-state index contributed by atoms with van der Waals surface area (Å²) in [5, 5.41) is 9.97. The van der Waals surface area contributed by atoms with Crippen LogP contribution in [-0.4, -0.2) is 11.1 Å². The van der Waals surface area contributed by atoms with Crippen molar-refractivity contribution in [2.75, 3.05) is 0 Å². The van der Waals surface area contributed by atoms with E-state index in [1.54, 1.807) is 18.2 Å². The zero-order chi connectivity index (χ0) is 10.3. The number of hydrogen-bond donors (Lipinski definition) is 1. The van der Waals surface area contributed by atoms with Crippen molar-refractivity contribution in [2.45, 2.75) is 12.3 Å². The predicted octanol–water partition coefficient (Wildman–Crippen LogP) is 3.18. The van der Waals surface area contributed by atoms with Crippen molar-refractivity contribution < 1.29 is 9.90 Å². The molecule has 0 amide bonds. The Kier molecular flexibility index (Phi) is 2.41. The lowest BCUT2D eigenvalue weighted by Gasteiger charge is -2.02. The number of hydrogen-bond acceptors (Lipinski definition) is 1. The number of rotatable bonds is 2. The molecular weight excluding hydrogens is 223 g/mol. The molecule has 2 rings (SSSR count). The maximum Gasteiger partial charge on any atom is 0.307 e. The monoisotopic (exact) mass is 230 g/mol. The van der Waals surface area contributed by atoms with Crippen LogP contribution in [0.1, 0.15) is 17.9 Å². The lowest BCUT2D eigenvalue weighted by atomic mass is 10.1.